The third kappa shape index (κ3) is 5.24. The number of nitrogens with one attached hydrogen (secondary N) is 2. The zero-order chi connectivity index (χ0) is 17.5. The number of rotatable bonds is 6. The normalized spacial score (nSPS) is 10.1. The van der Waals surface area contributed by atoms with E-state index < -0.39 is 11.7 Å². The van der Waals surface area contributed by atoms with Crippen molar-refractivity contribution < 1.29 is 18.7 Å². The third-order valence-electron chi connectivity index (χ3n) is 3.15. The minimum atomic E-state index is -0.489. The summed E-state index contributed by atoms with van der Waals surface area (Å²) in [5.41, 5.74) is 1.33. The van der Waals surface area contributed by atoms with E-state index in [-0.39, 0.29) is 24.8 Å². The van der Waals surface area contributed by atoms with Crippen molar-refractivity contribution in [2.24, 2.45) is 0 Å². The summed E-state index contributed by atoms with van der Waals surface area (Å²) in [6, 6.07) is 10.6. The van der Waals surface area contributed by atoms with Gasteiger partial charge in [-0.3, -0.25) is 9.59 Å². The fourth-order valence-corrected chi connectivity index (χ4v) is 2.05. The van der Waals surface area contributed by atoms with Gasteiger partial charge in [0.1, 0.15) is 11.6 Å². The molecule has 0 saturated carbocycles. The van der Waals surface area contributed by atoms with Crippen molar-refractivity contribution in [3.63, 3.8) is 0 Å². The van der Waals surface area contributed by atoms with Gasteiger partial charge >= 0.3 is 0 Å². The molecule has 2 rings (SSSR count). The Labute approximate surface area is 143 Å². The number of anilines is 1. The van der Waals surface area contributed by atoms with Crippen LogP contribution in [0.1, 0.15) is 5.56 Å². The molecular formula is C17H16ClFN2O3. The second-order valence-electron chi connectivity index (χ2n) is 4.98. The Morgan fingerprint density at radius 3 is 2.67 bits per heavy atom. The van der Waals surface area contributed by atoms with Crippen molar-refractivity contribution in [2.45, 2.75) is 6.92 Å². The van der Waals surface area contributed by atoms with Crippen LogP contribution in [0, 0.1) is 12.7 Å². The quantitative estimate of drug-likeness (QED) is 0.841. The molecule has 5 nitrogen and oxygen atoms in total. The number of ether oxygens (including phenoxy) is 1. The Balaban J connectivity index is 1.77. The van der Waals surface area contributed by atoms with Gasteiger partial charge in [0, 0.05) is 16.8 Å². The molecule has 7 heteroatoms. The molecule has 0 saturated heterocycles. The highest BCUT2D eigenvalue weighted by Crippen LogP contribution is 2.22. The van der Waals surface area contributed by atoms with Gasteiger partial charge in [-0.05, 0) is 36.8 Å². The molecule has 24 heavy (non-hydrogen) atoms. The van der Waals surface area contributed by atoms with E-state index in [0.29, 0.717) is 10.7 Å². The lowest BCUT2D eigenvalue weighted by Crippen LogP contribution is -2.35. The molecule has 2 amide bonds. The summed E-state index contributed by atoms with van der Waals surface area (Å²) in [4.78, 5) is 23.5. The molecule has 2 aromatic carbocycles. The first-order valence-corrected chi connectivity index (χ1v) is 7.53. The van der Waals surface area contributed by atoms with Gasteiger partial charge in [0.15, 0.2) is 6.61 Å². The van der Waals surface area contributed by atoms with E-state index in [1.54, 1.807) is 25.1 Å². The number of amides is 2. The fourth-order valence-electron chi connectivity index (χ4n) is 1.87. The maximum Gasteiger partial charge on any atom is 0.258 e. The topological polar surface area (TPSA) is 67.4 Å². The molecule has 126 valence electrons. The Kier molecular flexibility index (Phi) is 6.14. The lowest BCUT2D eigenvalue weighted by Gasteiger charge is -2.10. The molecule has 2 aromatic rings. The van der Waals surface area contributed by atoms with E-state index in [2.05, 4.69) is 10.6 Å². The monoisotopic (exact) mass is 350 g/mol. The van der Waals surface area contributed by atoms with Crippen molar-refractivity contribution in [3.8, 4) is 5.75 Å². The Hall–Kier alpha value is -2.60. The summed E-state index contributed by atoms with van der Waals surface area (Å²) in [7, 11) is 0. The number of hydrogen-bond donors (Lipinski definition) is 2. The van der Waals surface area contributed by atoms with E-state index >= 15 is 0 Å². The summed E-state index contributed by atoms with van der Waals surface area (Å²) < 4.78 is 18.1. The Bertz CT molecular complexity index is 752. The molecule has 0 aliphatic rings. The molecule has 2 N–H and O–H groups in total. The summed E-state index contributed by atoms with van der Waals surface area (Å²) in [6.07, 6.45) is 0. The first kappa shape index (κ1) is 17.7. The Morgan fingerprint density at radius 1 is 1.17 bits per heavy atom. The molecule has 0 fully saturated rings. The molecule has 0 aliphatic heterocycles. The molecule has 0 aromatic heterocycles. The van der Waals surface area contributed by atoms with E-state index in [9.17, 15) is 14.0 Å². The summed E-state index contributed by atoms with van der Waals surface area (Å²) >= 11 is 5.97. The molecule has 0 bridgehead atoms. The molecule has 0 unspecified atom stereocenters. The number of hydrogen-bond acceptors (Lipinski definition) is 3. The van der Waals surface area contributed by atoms with Gasteiger partial charge in [-0.2, -0.15) is 0 Å². The van der Waals surface area contributed by atoms with Crippen LogP contribution in [0.3, 0.4) is 0 Å². The zero-order valence-corrected chi connectivity index (χ0v) is 13.7. The maximum absolute atomic E-state index is 13.0. The molecule has 0 heterocycles. The highest BCUT2D eigenvalue weighted by atomic mass is 35.5. The van der Waals surface area contributed by atoms with Crippen LogP contribution in [-0.2, 0) is 9.59 Å². The van der Waals surface area contributed by atoms with E-state index in [0.717, 1.165) is 5.56 Å². The minimum absolute atomic E-state index is 0.211. The number of carbonyl (C=O) groups is 2. The van der Waals surface area contributed by atoms with Crippen LogP contribution >= 0.6 is 11.6 Å². The van der Waals surface area contributed by atoms with Crippen LogP contribution in [0.4, 0.5) is 10.1 Å². The number of benzene rings is 2. The van der Waals surface area contributed by atoms with Crippen molar-refractivity contribution >= 4 is 29.1 Å². The second kappa shape index (κ2) is 8.31. The predicted molar refractivity (Wildman–Crippen MR) is 89.7 cm³/mol. The average Bonchev–Trinajstić information content (AvgIpc) is 2.55. The fraction of sp³-hybridized carbons (Fsp3) is 0.176. The molecule has 0 spiro atoms. The first-order chi connectivity index (χ1) is 11.5. The van der Waals surface area contributed by atoms with Crippen LogP contribution in [-0.4, -0.2) is 25.0 Å². The van der Waals surface area contributed by atoms with E-state index in [1.165, 1.54) is 24.3 Å². The van der Waals surface area contributed by atoms with Crippen LogP contribution < -0.4 is 15.4 Å². The average molecular weight is 351 g/mol. The van der Waals surface area contributed by atoms with Crippen molar-refractivity contribution in [2.75, 3.05) is 18.5 Å². The summed E-state index contributed by atoms with van der Waals surface area (Å²) in [5, 5.41) is 5.62. The minimum Gasteiger partial charge on any atom is -0.484 e. The molecule has 0 atom stereocenters. The van der Waals surface area contributed by atoms with Gasteiger partial charge in [0.25, 0.3) is 5.91 Å². The molecule has 0 radical (unpaired) electrons. The van der Waals surface area contributed by atoms with Gasteiger partial charge in [-0.15, -0.1) is 0 Å². The zero-order valence-electron chi connectivity index (χ0n) is 12.9. The maximum atomic E-state index is 13.0. The highest BCUT2D eigenvalue weighted by molar-refractivity contribution is 6.31. The second-order valence-corrected chi connectivity index (χ2v) is 5.39. The van der Waals surface area contributed by atoms with Crippen molar-refractivity contribution in [1.82, 2.24) is 5.32 Å². The molecular weight excluding hydrogens is 335 g/mol. The SMILES string of the molecule is Cc1c(Cl)cccc1NC(=O)CNC(=O)COc1cccc(F)c1. The van der Waals surface area contributed by atoms with Gasteiger partial charge in [0.05, 0.1) is 6.54 Å². The lowest BCUT2D eigenvalue weighted by molar-refractivity contribution is -0.125. The Morgan fingerprint density at radius 2 is 1.92 bits per heavy atom. The molecule has 0 aliphatic carbocycles. The van der Waals surface area contributed by atoms with Gasteiger partial charge in [-0.25, -0.2) is 4.39 Å². The first-order valence-electron chi connectivity index (χ1n) is 7.16. The largest absolute Gasteiger partial charge is 0.484 e. The predicted octanol–water partition coefficient (Wildman–Crippen LogP) is 2.92. The smallest absolute Gasteiger partial charge is 0.258 e. The van der Waals surface area contributed by atoms with Crippen LogP contribution in [0.5, 0.6) is 5.75 Å². The van der Waals surface area contributed by atoms with Crippen molar-refractivity contribution in [1.29, 1.82) is 0 Å². The van der Waals surface area contributed by atoms with Gasteiger partial charge in [0.2, 0.25) is 5.91 Å². The van der Waals surface area contributed by atoms with Crippen LogP contribution in [0.2, 0.25) is 5.02 Å². The highest BCUT2D eigenvalue weighted by Gasteiger charge is 2.09. The van der Waals surface area contributed by atoms with Gasteiger partial charge < -0.3 is 15.4 Å². The summed E-state index contributed by atoms with van der Waals surface area (Å²) in [5.74, 6) is -1.09. The van der Waals surface area contributed by atoms with E-state index in [1.807, 2.05) is 0 Å². The van der Waals surface area contributed by atoms with Crippen LogP contribution in [0.15, 0.2) is 42.5 Å². The standard InChI is InChI=1S/C17H16ClFN2O3/c1-11-14(18)6-3-7-15(11)21-16(22)9-20-17(23)10-24-13-5-2-4-12(19)8-13/h2-8H,9-10H2,1H3,(H,20,23)(H,21,22). The number of carbonyl (C=O) groups excluding carboxylic acids is 2. The number of halogens is 2. The summed E-state index contributed by atoms with van der Waals surface area (Å²) in [6.45, 7) is 1.26. The van der Waals surface area contributed by atoms with Gasteiger partial charge in [-0.1, -0.05) is 23.7 Å². The van der Waals surface area contributed by atoms with E-state index in [4.69, 9.17) is 16.3 Å². The third-order valence-corrected chi connectivity index (χ3v) is 3.56. The van der Waals surface area contributed by atoms with Crippen LogP contribution in [0.25, 0.3) is 0 Å². The van der Waals surface area contributed by atoms with Crippen molar-refractivity contribution in [3.05, 3.63) is 58.9 Å². The lowest BCUT2D eigenvalue weighted by atomic mass is 10.2.